The van der Waals surface area contributed by atoms with Crippen molar-refractivity contribution in [2.45, 2.75) is 85.1 Å². The molecule has 1 atom stereocenters. The van der Waals surface area contributed by atoms with Crippen molar-refractivity contribution in [3.05, 3.63) is 151 Å². The van der Waals surface area contributed by atoms with Crippen molar-refractivity contribution in [1.29, 1.82) is 0 Å². The highest BCUT2D eigenvalue weighted by Crippen LogP contribution is 2.40. The highest BCUT2D eigenvalue weighted by molar-refractivity contribution is 7.15. The van der Waals surface area contributed by atoms with Crippen LogP contribution in [-0.4, -0.2) is 88.0 Å². The summed E-state index contributed by atoms with van der Waals surface area (Å²) < 4.78 is 42.5. The van der Waals surface area contributed by atoms with E-state index in [2.05, 4.69) is 56.6 Å². The number of aromatic nitrogens is 6. The van der Waals surface area contributed by atoms with Gasteiger partial charge in [0.2, 0.25) is 11.7 Å². The molecule has 71 heavy (non-hydrogen) atoms. The van der Waals surface area contributed by atoms with Gasteiger partial charge in [-0.05, 0) is 124 Å². The number of aromatic hydroxyl groups is 2. The maximum atomic E-state index is 13.6. The van der Waals surface area contributed by atoms with Gasteiger partial charge in [-0.15, -0.1) is 31.7 Å². The van der Waals surface area contributed by atoms with Gasteiger partial charge in [0.25, 0.3) is 5.91 Å². The largest absolute Gasteiger partial charge is 0.508 e. The number of alkyl halides is 3. The Kier molecular flexibility index (Phi) is 14.1. The summed E-state index contributed by atoms with van der Waals surface area (Å²) in [5.74, 6) is -0.256. The highest BCUT2D eigenvalue weighted by Gasteiger charge is 2.34. The molecule has 5 heterocycles. The normalized spacial score (nSPS) is 15.2. The number of likely N-dealkylation sites (tertiary alicyclic amines) is 1. The molecule has 4 aromatic carbocycles. The van der Waals surface area contributed by atoms with Crippen molar-refractivity contribution >= 4 is 40.5 Å². The fraction of sp³-hybridized carbons (Fsp3) is 0.327. The molecule has 19 heteroatoms. The summed E-state index contributed by atoms with van der Waals surface area (Å²) in [5.41, 5.74) is 8.13. The third-order valence-corrected chi connectivity index (χ3v) is 14.7. The minimum Gasteiger partial charge on any atom is -0.508 e. The Balaban J connectivity index is 0.799. The number of aryl methyl sites for hydroxylation is 3. The number of benzene rings is 4. The Bertz CT molecular complexity index is 3120. The second-order valence-corrected chi connectivity index (χ2v) is 19.8. The number of nitrogens with one attached hydrogen (secondary N) is 2. The number of hydrogen-bond donors (Lipinski definition) is 4. The number of carbonyl (C=O) groups is 2. The molecule has 4 N–H and O–H groups in total. The molecule has 0 aliphatic carbocycles. The maximum Gasteiger partial charge on any atom is 0.405 e. The van der Waals surface area contributed by atoms with Gasteiger partial charge in [-0.1, -0.05) is 67.1 Å². The SMILES string of the molecule is CCc1cc(-c2nnc(C(=O)NCC(F)(F)F)n2-c2ccc(CC3CCN(Cc4ccc(CNC(=O)C[C@@H]5N=C(c6ccc(Cl)cc6)c6c(sc(C)c6C)-n6c(C)nnc65)cc4)CC3)cc2)c(O)cc1O. The average Bonchev–Trinajstić information content (AvgIpc) is 4.02. The summed E-state index contributed by atoms with van der Waals surface area (Å²) in [6.45, 7) is 9.36. The number of phenols is 2. The van der Waals surface area contributed by atoms with Crippen LogP contribution in [0.1, 0.15) is 98.3 Å². The van der Waals surface area contributed by atoms with Crippen LogP contribution in [0, 0.1) is 26.7 Å². The molecule has 14 nitrogen and oxygen atoms in total. The number of piperidine rings is 1. The van der Waals surface area contributed by atoms with Crippen LogP contribution < -0.4 is 10.6 Å². The number of rotatable bonds is 14. The number of fused-ring (bicyclic) bond motifs is 3. The molecule has 2 aliphatic heterocycles. The van der Waals surface area contributed by atoms with E-state index in [4.69, 9.17) is 16.6 Å². The number of thiophene rings is 1. The van der Waals surface area contributed by atoms with Gasteiger partial charge in [-0.3, -0.25) is 28.6 Å². The molecule has 3 aromatic heterocycles. The molecule has 1 fully saturated rings. The van der Waals surface area contributed by atoms with E-state index in [9.17, 15) is 33.0 Å². The lowest BCUT2D eigenvalue weighted by Crippen LogP contribution is -2.35. The minimum absolute atomic E-state index is 0.0302. The number of phenolic OH excluding ortho intramolecular Hbond substituents is 2. The second kappa shape index (κ2) is 20.4. The van der Waals surface area contributed by atoms with Gasteiger partial charge in [0.1, 0.15) is 34.9 Å². The van der Waals surface area contributed by atoms with Crippen molar-refractivity contribution in [2.24, 2.45) is 10.9 Å². The lowest BCUT2D eigenvalue weighted by Gasteiger charge is -2.32. The lowest BCUT2D eigenvalue weighted by atomic mass is 9.90. The Morgan fingerprint density at radius 1 is 0.831 bits per heavy atom. The standard InChI is InChI=1S/C52H52ClF3N10O4S/c1-5-36-23-40(43(68)25-42(36)67)47-61-63-49(50(70)58-28-52(54,55)56)66(47)39-16-10-32(11-17-39)22-33-18-20-64(21-19-33)27-35-8-6-34(7-9-35)26-57-44(69)24-41-48-62-60-31(4)65(48)51-45(29(2)30(3)71-51)46(59-41)37-12-14-38(53)15-13-37/h6-17,23,25,33,41,67-68H,5,18-22,24,26-28H2,1-4H3,(H,57,69)(H,58,70)/t41-/m0/s1. The van der Waals surface area contributed by atoms with Crippen LogP contribution in [0.4, 0.5) is 13.2 Å². The Morgan fingerprint density at radius 2 is 1.52 bits per heavy atom. The van der Waals surface area contributed by atoms with Crippen LogP contribution >= 0.6 is 22.9 Å². The van der Waals surface area contributed by atoms with Crippen molar-refractivity contribution in [2.75, 3.05) is 19.6 Å². The summed E-state index contributed by atoms with van der Waals surface area (Å²) in [4.78, 5) is 35.5. The monoisotopic (exact) mass is 1000 g/mol. The molecule has 368 valence electrons. The molecule has 0 unspecified atom stereocenters. The van der Waals surface area contributed by atoms with E-state index in [1.165, 1.54) is 21.1 Å². The third-order valence-electron chi connectivity index (χ3n) is 13.2. The molecular formula is C52H52ClF3N10O4S. The fourth-order valence-corrected chi connectivity index (χ4v) is 10.6. The smallest absolute Gasteiger partial charge is 0.405 e. The molecule has 0 bridgehead atoms. The van der Waals surface area contributed by atoms with Gasteiger partial charge >= 0.3 is 6.18 Å². The van der Waals surface area contributed by atoms with Crippen molar-refractivity contribution in [3.8, 4) is 33.6 Å². The van der Waals surface area contributed by atoms with Crippen LogP contribution in [0.15, 0.2) is 89.9 Å². The molecule has 9 rings (SSSR count). The van der Waals surface area contributed by atoms with Crippen molar-refractivity contribution in [1.82, 2.24) is 45.1 Å². The van der Waals surface area contributed by atoms with Gasteiger partial charge in [0, 0.05) is 45.9 Å². The lowest BCUT2D eigenvalue weighted by molar-refractivity contribution is -0.123. The van der Waals surface area contributed by atoms with E-state index in [0.717, 1.165) is 89.3 Å². The predicted molar refractivity (Wildman–Crippen MR) is 266 cm³/mol. The summed E-state index contributed by atoms with van der Waals surface area (Å²) in [6, 6.07) is 25.4. The third kappa shape index (κ3) is 10.7. The number of aliphatic imine (C=N–C) groups is 1. The topological polar surface area (TPSA) is 176 Å². The zero-order chi connectivity index (χ0) is 50.1. The zero-order valence-electron chi connectivity index (χ0n) is 39.5. The first kappa shape index (κ1) is 49.1. The molecule has 7 aromatic rings. The van der Waals surface area contributed by atoms with Crippen molar-refractivity contribution < 1.29 is 33.0 Å². The van der Waals surface area contributed by atoms with Gasteiger partial charge in [-0.25, -0.2) is 0 Å². The second-order valence-electron chi connectivity index (χ2n) is 18.1. The van der Waals surface area contributed by atoms with Crippen molar-refractivity contribution in [3.63, 3.8) is 0 Å². The summed E-state index contributed by atoms with van der Waals surface area (Å²) in [6.07, 6.45) is -1.34. The van der Waals surface area contributed by atoms with E-state index in [-0.39, 0.29) is 41.0 Å². The van der Waals surface area contributed by atoms with Crippen LogP contribution in [-0.2, 0) is 30.7 Å². The van der Waals surface area contributed by atoms with Crippen LogP contribution in [0.5, 0.6) is 11.5 Å². The van der Waals surface area contributed by atoms with Crippen LogP contribution in [0.25, 0.3) is 22.1 Å². The molecular weight excluding hydrogens is 953 g/mol. The molecule has 1 saturated heterocycles. The van der Waals surface area contributed by atoms with E-state index in [1.54, 1.807) is 23.5 Å². The maximum absolute atomic E-state index is 13.6. The summed E-state index contributed by atoms with van der Waals surface area (Å²) in [7, 11) is 0. The first-order valence-corrected chi connectivity index (χ1v) is 24.6. The van der Waals surface area contributed by atoms with Gasteiger partial charge in [0.15, 0.2) is 11.6 Å². The van der Waals surface area contributed by atoms with Crippen LogP contribution in [0.2, 0.25) is 5.02 Å². The quantitative estimate of drug-likeness (QED) is 0.0827. The van der Waals surface area contributed by atoms with E-state index in [1.807, 2.05) is 72.3 Å². The fourth-order valence-electron chi connectivity index (χ4n) is 9.26. The zero-order valence-corrected chi connectivity index (χ0v) is 41.1. The van der Waals surface area contributed by atoms with E-state index >= 15 is 0 Å². The predicted octanol–water partition coefficient (Wildman–Crippen LogP) is 9.47. The van der Waals surface area contributed by atoms with E-state index < -0.39 is 24.7 Å². The van der Waals surface area contributed by atoms with E-state index in [0.29, 0.717) is 41.0 Å². The van der Waals surface area contributed by atoms with Gasteiger partial charge < -0.3 is 20.8 Å². The minimum atomic E-state index is -4.64. The first-order valence-electron chi connectivity index (χ1n) is 23.4. The summed E-state index contributed by atoms with van der Waals surface area (Å²) in [5, 5.41) is 44.7. The molecule has 0 saturated carbocycles. The van der Waals surface area contributed by atoms with Crippen LogP contribution in [0.3, 0.4) is 0 Å². The molecule has 0 spiro atoms. The number of carbonyl (C=O) groups excluding carboxylic acids is 2. The Morgan fingerprint density at radius 3 is 2.21 bits per heavy atom. The highest BCUT2D eigenvalue weighted by atomic mass is 35.5. The summed E-state index contributed by atoms with van der Waals surface area (Å²) >= 11 is 7.93. The number of hydrogen-bond acceptors (Lipinski definition) is 11. The molecule has 0 radical (unpaired) electrons. The molecule has 2 amide bonds. The van der Waals surface area contributed by atoms with Gasteiger partial charge in [-0.2, -0.15) is 13.2 Å². The average molecular weight is 1010 g/mol. The number of halogens is 4. The molecule has 2 aliphatic rings. The first-order chi connectivity index (χ1) is 34.0. The van der Waals surface area contributed by atoms with Gasteiger partial charge in [0.05, 0.1) is 17.7 Å². The Labute approximate surface area is 417 Å². The Hall–Kier alpha value is -6.89. The number of amides is 2. The number of nitrogens with zero attached hydrogens (tertiary/aromatic N) is 8.